The minimum Gasteiger partial charge on any atom is -0.497 e. The highest BCUT2D eigenvalue weighted by Crippen LogP contribution is 2.30. The topological polar surface area (TPSA) is 47.6 Å². The van der Waals surface area contributed by atoms with E-state index in [1.54, 1.807) is 31.4 Å². The molecule has 1 amide bonds. The van der Waals surface area contributed by atoms with Gasteiger partial charge in [0, 0.05) is 11.6 Å². The Morgan fingerprint density at radius 1 is 1.22 bits per heavy atom. The Balaban J connectivity index is 1.83. The van der Waals surface area contributed by atoms with Crippen molar-refractivity contribution in [3.8, 4) is 11.5 Å². The summed E-state index contributed by atoms with van der Waals surface area (Å²) in [4.78, 5) is 12.2. The van der Waals surface area contributed by atoms with Crippen LogP contribution in [0.1, 0.15) is 5.56 Å². The number of nitrogens with one attached hydrogen (secondary N) is 1. The van der Waals surface area contributed by atoms with Crippen LogP contribution in [0.4, 0.5) is 14.5 Å². The fourth-order valence-electron chi connectivity index (χ4n) is 2.21. The van der Waals surface area contributed by atoms with E-state index >= 15 is 0 Å². The molecule has 0 saturated heterocycles. The van der Waals surface area contributed by atoms with E-state index in [9.17, 15) is 13.6 Å². The highest BCUT2D eigenvalue weighted by molar-refractivity contribution is 6.07. The molecule has 23 heavy (non-hydrogen) atoms. The number of hydrogen-bond donors (Lipinski definition) is 1. The van der Waals surface area contributed by atoms with Crippen LogP contribution in [0, 0.1) is 11.6 Å². The molecule has 0 aromatic heterocycles. The Labute approximate surface area is 131 Å². The van der Waals surface area contributed by atoms with Crippen LogP contribution < -0.4 is 14.8 Å². The summed E-state index contributed by atoms with van der Waals surface area (Å²) in [5.41, 5.74) is 0.934. The van der Waals surface area contributed by atoms with Gasteiger partial charge in [-0.05, 0) is 36.4 Å². The van der Waals surface area contributed by atoms with Crippen molar-refractivity contribution >= 4 is 17.7 Å². The lowest BCUT2D eigenvalue weighted by molar-refractivity contribution is -0.113. The van der Waals surface area contributed by atoms with Crippen LogP contribution in [0.5, 0.6) is 11.5 Å². The number of amides is 1. The highest BCUT2D eigenvalue weighted by Gasteiger charge is 2.19. The summed E-state index contributed by atoms with van der Waals surface area (Å²) in [7, 11) is 1.54. The summed E-state index contributed by atoms with van der Waals surface area (Å²) in [6.07, 6.45) is 1.65. The van der Waals surface area contributed by atoms with Gasteiger partial charge in [-0.1, -0.05) is 0 Å². The maximum absolute atomic E-state index is 13.6. The molecule has 118 valence electrons. The molecule has 3 rings (SSSR count). The summed E-state index contributed by atoms with van der Waals surface area (Å²) in [5, 5.41) is 2.41. The third-order valence-corrected chi connectivity index (χ3v) is 3.40. The summed E-state index contributed by atoms with van der Waals surface area (Å²) in [6, 6.07) is 8.20. The van der Waals surface area contributed by atoms with E-state index in [0.29, 0.717) is 28.7 Å². The number of carbonyl (C=O) groups excluding carboxylic acids is 1. The molecule has 0 spiro atoms. The first-order valence-corrected chi connectivity index (χ1v) is 6.84. The molecule has 1 heterocycles. The Kier molecular flexibility index (Phi) is 3.97. The number of benzene rings is 2. The van der Waals surface area contributed by atoms with Crippen LogP contribution in [-0.4, -0.2) is 19.6 Å². The van der Waals surface area contributed by atoms with Crippen molar-refractivity contribution in [2.24, 2.45) is 0 Å². The number of halogens is 2. The van der Waals surface area contributed by atoms with E-state index in [0.717, 1.165) is 6.07 Å². The van der Waals surface area contributed by atoms with Gasteiger partial charge in [-0.2, -0.15) is 0 Å². The van der Waals surface area contributed by atoms with Crippen molar-refractivity contribution in [2.75, 3.05) is 19.0 Å². The van der Waals surface area contributed by atoms with E-state index in [1.807, 2.05) is 0 Å². The molecule has 0 saturated carbocycles. The van der Waals surface area contributed by atoms with Crippen LogP contribution in [0.3, 0.4) is 0 Å². The molecule has 1 aliphatic rings. The SMILES string of the molecule is COc1ccc2c(c1)C=C(C(=O)Nc1ccc(F)cc1F)CO2. The Hall–Kier alpha value is -2.89. The maximum atomic E-state index is 13.6. The second-order valence-corrected chi connectivity index (χ2v) is 4.94. The van der Waals surface area contributed by atoms with Gasteiger partial charge in [-0.25, -0.2) is 8.78 Å². The standard InChI is InChI=1S/C17H13F2NO3/c1-22-13-3-5-16-10(7-13)6-11(9-23-16)17(21)20-15-4-2-12(18)8-14(15)19/h2-8H,9H2,1H3,(H,20,21). The molecule has 1 aliphatic heterocycles. The second-order valence-electron chi connectivity index (χ2n) is 4.94. The lowest BCUT2D eigenvalue weighted by Gasteiger charge is -2.18. The number of carbonyl (C=O) groups is 1. The molecule has 2 aromatic rings. The summed E-state index contributed by atoms with van der Waals surface area (Å²) in [5.74, 6) is -0.784. The fourth-order valence-corrected chi connectivity index (χ4v) is 2.21. The minimum absolute atomic E-state index is 0.0635. The number of anilines is 1. The number of rotatable bonds is 3. The molecule has 2 aromatic carbocycles. The van der Waals surface area contributed by atoms with Gasteiger partial charge >= 0.3 is 0 Å². The number of methoxy groups -OCH3 is 1. The zero-order valence-electron chi connectivity index (χ0n) is 12.2. The van der Waals surface area contributed by atoms with E-state index < -0.39 is 17.5 Å². The molecule has 0 radical (unpaired) electrons. The van der Waals surface area contributed by atoms with Gasteiger partial charge in [-0.15, -0.1) is 0 Å². The van der Waals surface area contributed by atoms with Gasteiger partial charge in [0.2, 0.25) is 0 Å². The number of fused-ring (bicyclic) bond motifs is 1. The normalized spacial score (nSPS) is 12.7. The van der Waals surface area contributed by atoms with Crippen molar-refractivity contribution in [3.05, 3.63) is 59.2 Å². The van der Waals surface area contributed by atoms with Crippen LogP contribution in [-0.2, 0) is 4.79 Å². The molecule has 0 bridgehead atoms. The lowest BCUT2D eigenvalue weighted by atomic mass is 10.1. The maximum Gasteiger partial charge on any atom is 0.255 e. The van der Waals surface area contributed by atoms with Crippen LogP contribution >= 0.6 is 0 Å². The lowest BCUT2D eigenvalue weighted by Crippen LogP contribution is -2.21. The molecular weight excluding hydrogens is 304 g/mol. The average Bonchev–Trinajstić information content (AvgIpc) is 2.56. The van der Waals surface area contributed by atoms with Gasteiger partial charge < -0.3 is 14.8 Å². The van der Waals surface area contributed by atoms with E-state index in [-0.39, 0.29) is 12.3 Å². The third kappa shape index (κ3) is 3.15. The van der Waals surface area contributed by atoms with Crippen LogP contribution in [0.15, 0.2) is 42.0 Å². The van der Waals surface area contributed by atoms with Gasteiger partial charge in [0.25, 0.3) is 5.91 Å². The molecule has 0 unspecified atom stereocenters. The predicted molar refractivity (Wildman–Crippen MR) is 81.5 cm³/mol. The first-order valence-electron chi connectivity index (χ1n) is 6.84. The quantitative estimate of drug-likeness (QED) is 0.944. The Morgan fingerprint density at radius 2 is 2.04 bits per heavy atom. The number of hydrogen-bond acceptors (Lipinski definition) is 3. The zero-order valence-corrected chi connectivity index (χ0v) is 12.2. The van der Waals surface area contributed by atoms with Crippen molar-refractivity contribution in [1.29, 1.82) is 0 Å². The minimum atomic E-state index is -0.835. The zero-order chi connectivity index (χ0) is 16.4. The fraction of sp³-hybridized carbons (Fsp3) is 0.118. The monoisotopic (exact) mass is 317 g/mol. The molecule has 0 aliphatic carbocycles. The summed E-state index contributed by atoms with van der Waals surface area (Å²) < 4.78 is 37.1. The predicted octanol–water partition coefficient (Wildman–Crippen LogP) is 3.39. The van der Waals surface area contributed by atoms with Crippen molar-refractivity contribution in [2.45, 2.75) is 0 Å². The first-order chi connectivity index (χ1) is 11.1. The van der Waals surface area contributed by atoms with E-state index in [4.69, 9.17) is 9.47 Å². The van der Waals surface area contributed by atoms with Gasteiger partial charge in [0.1, 0.15) is 29.7 Å². The largest absolute Gasteiger partial charge is 0.497 e. The van der Waals surface area contributed by atoms with E-state index in [2.05, 4.69) is 5.32 Å². The average molecular weight is 317 g/mol. The van der Waals surface area contributed by atoms with E-state index in [1.165, 1.54) is 6.07 Å². The summed E-state index contributed by atoms with van der Waals surface area (Å²) in [6.45, 7) is 0.0635. The first kappa shape index (κ1) is 15.0. The van der Waals surface area contributed by atoms with Crippen molar-refractivity contribution < 1.29 is 23.0 Å². The summed E-state index contributed by atoms with van der Waals surface area (Å²) >= 11 is 0. The second kappa shape index (κ2) is 6.08. The Morgan fingerprint density at radius 3 is 2.78 bits per heavy atom. The van der Waals surface area contributed by atoms with Gasteiger partial charge in [0.15, 0.2) is 0 Å². The third-order valence-electron chi connectivity index (χ3n) is 3.40. The van der Waals surface area contributed by atoms with Crippen LogP contribution in [0.25, 0.3) is 6.08 Å². The molecule has 1 N–H and O–H groups in total. The van der Waals surface area contributed by atoms with Crippen LogP contribution in [0.2, 0.25) is 0 Å². The van der Waals surface area contributed by atoms with Gasteiger partial charge in [0.05, 0.1) is 18.4 Å². The molecule has 6 heteroatoms. The Bertz CT molecular complexity index is 802. The number of ether oxygens (including phenoxy) is 2. The van der Waals surface area contributed by atoms with Gasteiger partial charge in [-0.3, -0.25) is 4.79 Å². The molecule has 0 fully saturated rings. The van der Waals surface area contributed by atoms with Crippen molar-refractivity contribution in [1.82, 2.24) is 0 Å². The highest BCUT2D eigenvalue weighted by atomic mass is 19.1. The smallest absolute Gasteiger partial charge is 0.255 e. The molecular formula is C17H13F2NO3. The van der Waals surface area contributed by atoms with Crippen molar-refractivity contribution in [3.63, 3.8) is 0 Å². The molecule has 0 atom stereocenters. The molecule has 4 nitrogen and oxygen atoms in total.